The number of hydrogen-bond donors (Lipinski definition) is 2. The predicted octanol–water partition coefficient (Wildman–Crippen LogP) is 0.946. The van der Waals surface area contributed by atoms with Crippen molar-refractivity contribution in [1.82, 2.24) is 10.2 Å². The highest BCUT2D eigenvalue weighted by molar-refractivity contribution is 5.97. The van der Waals surface area contributed by atoms with Crippen LogP contribution in [-0.2, 0) is 9.59 Å². The minimum Gasteiger partial charge on any atom is -0.481 e. The van der Waals surface area contributed by atoms with Crippen LogP contribution in [-0.4, -0.2) is 54.6 Å². The van der Waals surface area contributed by atoms with Crippen LogP contribution in [0, 0.1) is 17.1 Å². The first-order valence-electron chi connectivity index (χ1n) is 7.86. The number of aliphatic carboxylic acids is 1. The Morgan fingerprint density at radius 3 is 2.44 bits per heavy atom. The summed E-state index contributed by atoms with van der Waals surface area (Å²) in [4.78, 5) is 26.4. The number of benzene rings is 1. The van der Waals surface area contributed by atoms with Crippen molar-refractivity contribution < 1.29 is 19.1 Å². The number of nitrogens with one attached hydrogen (secondary N) is 1. The molecule has 1 heterocycles. The van der Waals surface area contributed by atoms with E-state index in [0.717, 1.165) is 5.69 Å². The highest BCUT2D eigenvalue weighted by Gasteiger charge is 2.23. The summed E-state index contributed by atoms with van der Waals surface area (Å²) in [6.07, 6.45) is 1.16. The van der Waals surface area contributed by atoms with Crippen LogP contribution in [0.2, 0.25) is 0 Å². The first-order valence-corrected chi connectivity index (χ1v) is 7.86. The lowest BCUT2D eigenvalue weighted by atomic mass is 10.2. The standard InChI is InChI=1S/C17H19FN4O3/c18-14-1-3-15(4-2-14)21-7-9-22(10-8-21)17(25)13(11-19)12-20-6-5-16(23)24/h1-4,12,20H,5-10H2,(H,23,24)/b13-12-. The molecule has 0 aromatic heterocycles. The first-order chi connectivity index (χ1) is 12.0. The topological polar surface area (TPSA) is 96.7 Å². The van der Waals surface area contributed by atoms with Crippen LogP contribution in [0.1, 0.15) is 6.42 Å². The van der Waals surface area contributed by atoms with Gasteiger partial charge in [-0.25, -0.2) is 4.39 Å². The molecule has 0 spiro atoms. The minimum atomic E-state index is -0.956. The van der Waals surface area contributed by atoms with E-state index < -0.39 is 5.97 Å². The van der Waals surface area contributed by atoms with Gasteiger partial charge in [0.15, 0.2) is 0 Å². The number of amides is 1. The molecule has 1 amide bonds. The zero-order chi connectivity index (χ0) is 18.2. The maximum atomic E-state index is 13.0. The van der Waals surface area contributed by atoms with Gasteiger partial charge in [0, 0.05) is 44.6 Å². The predicted molar refractivity (Wildman–Crippen MR) is 89.1 cm³/mol. The van der Waals surface area contributed by atoms with Gasteiger partial charge in [-0.05, 0) is 24.3 Å². The number of rotatable bonds is 6. The molecule has 1 aliphatic rings. The SMILES string of the molecule is N#C/C(=C/NCCC(=O)O)C(=O)N1CCN(c2ccc(F)cc2)CC1. The monoisotopic (exact) mass is 346 g/mol. The summed E-state index contributed by atoms with van der Waals surface area (Å²) in [5.74, 6) is -1.64. The van der Waals surface area contributed by atoms with E-state index in [0.29, 0.717) is 26.2 Å². The molecule has 0 unspecified atom stereocenters. The van der Waals surface area contributed by atoms with Gasteiger partial charge in [-0.1, -0.05) is 0 Å². The van der Waals surface area contributed by atoms with Gasteiger partial charge >= 0.3 is 5.97 Å². The van der Waals surface area contributed by atoms with Crippen molar-refractivity contribution in [2.75, 3.05) is 37.6 Å². The minimum absolute atomic E-state index is 0.0550. The maximum absolute atomic E-state index is 13.0. The van der Waals surface area contributed by atoms with E-state index in [-0.39, 0.29) is 30.3 Å². The van der Waals surface area contributed by atoms with Crippen molar-refractivity contribution in [1.29, 1.82) is 5.26 Å². The number of carbonyl (C=O) groups excluding carboxylic acids is 1. The van der Waals surface area contributed by atoms with E-state index in [2.05, 4.69) is 5.32 Å². The van der Waals surface area contributed by atoms with Crippen LogP contribution in [0.25, 0.3) is 0 Å². The smallest absolute Gasteiger partial charge is 0.305 e. The zero-order valence-corrected chi connectivity index (χ0v) is 13.6. The van der Waals surface area contributed by atoms with Crippen LogP contribution >= 0.6 is 0 Å². The molecule has 1 saturated heterocycles. The van der Waals surface area contributed by atoms with E-state index in [1.54, 1.807) is 17.0 Å². The molecule has 0 radical (unpaired) electrons. The second kappa shape index (κ2) is 8.68. The Morgan fingerprint density at radius 1 is 1.24 bits per heavy atom. The Bertz CT molecular complexity index is 689. The summed E-state index contributed by atoms with van der Waals surface area (Å²) >= 11 is 0. The molecule has 0 bridgehead atoms. The molecule has 0 saturated carbocycles. The lowest BCUT2D eigenvalue weighted by Crippen LogP contribution is -2.49. The molecule has 0 aliphatic carbocycles. The Morgan fingerprint density at radius 2 is 1.88 bits per heavy atom. The lowest BCUT2D eigenvalue weighted by molar-refractivity contribution is -0.136. The zero-order valence-electron chi connectivity index (χ0n) is 13.6. The van der Waals surface area contributed by atoms with Gasteiger partial charge in [0.05, 0.1) is 6.42 Å². The Balaban J connectivity index is 1.88. The number of carboxylic acids is 1. The van der Waals surface area contributed by atoms with E-state index in [4.69, 9.17) is 10.4 Å². The highest BCUT2D eigenvalue weighted by atomic mass is 19.1. The normalized spacial score (nSPS) is 14.8. The van der Waals surface area contributed by atoms with E-state index in [1.807, 2.05) is 11.0 Å². The van der Waals surface area contributed by atoms with Crippen molar-refractivity contribution in [3.05, 3.63) is 41.9 Å². The summed E-state index contributed by atoms with van der Waals surface area (Å²) in [6.45, 7) is 2.21. The fraction of sp³-hybridized carbons (Fsp3) is 0.353. The van der Waals surface area contributed by atoms with E-state index in [9.17, 15) is 14.0 Å². The third-order valence-corrected chi connectivity index (χ3v) is 3.84. The number of carboxylic acid groups (broad SMARTS) is 1. The molecule has 1 aliphatic heterocycles. The van der Waals surface area contributed by atoms with Crippen LogP contribution in [0.5, 0.6) is 0 Å². The van der Waals surface area contributed by atoms with Crippen molar-refractivity contribution in [3.63, 3.8) is 0 Å². The van der Waals surface area contributed by atoms with Crippen LogP contribution in [0.3, 0.4) is 0 Å². The second-order valence-electron chi connectivity index (χ2n) is 5.52. The van der Waals surface area contributed by atoms with Crippen LogP contribution < -0.4 is 10.2 Å². The second-order valence-corrected chi connectivity index (χ2v) is 5.52. The van der Waals surface area contributed by atoms with Crippen LogP contribution in [0.4, 0.5) is 10.1 Å². The third kappa shape index (κ3) is 5.21. The van der Waals surface area contributed by atoms with Gasteiger partial charge in [-0.15, -0.1) is 0 Å². The summed E-state index contributed by atoms with van der Waals surface area (Å²) in [5.41, 5.74) is 0.834. The maximum Gasteiger partial charge on any atom is 0.305 e. The molecule has 1 aromatic carbocycles. The van der Waals surface area contributed by atoms with Gasteiger partial charge < -0.3 is 20.2 Å². The number of anilines is 1. The highest BCUT2D eigenvalue weighted by Crippen LogP contribution is 2.17. The van der Waals surface area contributed by atoms with Gasteiger partial charge in [0.2, 0.25) is 0 Å². The molecule has 2 rings (SSSR count). The fourth-order valence-electron chi connectivity index (χ4n) is 2.49. The summed E-state index contributed by atoms with van der Waals surface area (Å²) in [7, 11) is 0. The van der Waals surface area contributed by atoms with Crippen molar-refractivity contribution in [2.24, 2.45) is 0 Å². The average molecular weight is 346 g/mol. The Labute approximate surface area is 144 Å². The molecule has 0 atom stereocenters. The van der Waals surface area contributed by atoms with Gasteiger partial charge in [0.25, 0.3) is 5.91 Å². The number of halogens is 1. The van der Waals surface area contributed by atoms with Gasteiger partial charge in [-0.2, -0.15) is 5.26 Å². The molecule has 132 valence electrons. The molecule has 2 N–H and O–H groups in total. The van der Waals surface area contributed by atoms with Crippen LogP contribution in [0.15, 0.2) is 36.0 Å². The fourth-order valence-corrected chi connectivity index (χ4v) is 2.49. The average Bonchev–Trinajstić information content (AvgIpc) is 2.62. The largest absolute Gasteiger partial charge is 0.481 e. The molecule has 7 nitrogen and oxygen atoms in total. The molecular formula is C17H19FN4O3. The quantitative estimate of drug-likeness (QED) is 0.452. The number of piperazine rings is 1. The van der Waals surface area contributed by atoms with Gasteiger partial charge in [-0.3, -0.25) is 9.59 Å². The summed E-state index contributed by atoms with van der Waals surface area (Å²) in [5, 5.41) is 20.3. The summed E-state index contributed by atoms with van der Waals surface area (Å²) < 4.78 is 13.0. The molecular weight excluding hydrogens is 327 g/mol. The van der Waals surface area contributed by atoms with Crippen molar-refractivity contribution >= 4 is 17.6 Å². The number of nitriles is 1. The molecule has 1 fully saturated rings. The number of hydrogen-bond acceptors (Lipinski definition) is 5. The number of nitrogens with zero attached hydrogens (tertiary/aromatic N) is 3. The Kier molecular flexibility index (Phi) is 6.34. The van der Waals surface area contributed by atoms with Crippen molar-refractivity contribution in [2.45, 2.75) is 6.42 Å². The van der Waals surface area contributed by atoms with E-state index >= 15 is 0 Å². The lowest BCUT2D eigenvalue weighted by Gasteiger charge is -2.36. The molecule has 25 heavy (non-hydrogen) atoms. The van der Waals surface area contributed by atoms with Gasteiger partial charge in [0.1, 0.15) is 17.5 Å². The number of carbonyl (C=O) groups is 2. The Hall–Kier alpha value is -3.08. The molecule has 8 heteroatoms. The summed E-state index contributed by atoms with van der Waals surface area (Å²) in [6, 6.07) is 8.02. The van der Waals surface area contributed by atoms with E-state index in [1.165, 1.54) is 18.3 Å². The van der Waals surface area contributed by atoms with Crippen molar-refractivity contribution in [3.8, 4) is 6.07 Å². The first kappa shape index (κ1) is 18.3. The third-order valence-electron chi connectivity index (χ3n) is 3.84. The molecule has 1 aromatic rings.